The van der Waals surface area contributed by atoms with Crippen LogP contribution in [0.15, 0.2) is 176 Å². The second-order valence-corrected chi connectivity index (χ2v) is 12.8. The van der Waals surface area contributed by atoms with Crippen molar-refractivity contribution in [1.82, 2.24) is 0 Å². The predicted molar refractivity (Wildman–Crippen MR) is 200 cm³/mol. The van der Waals surface area contributed by atoms with Crippen molar-refractivity contribution in [1.29, 1.82) is 0 Å². The fourth-order valence-electron chi connectivity index (χ4n) is 6.88. The van der Waals surface area contributed by atoms with Gasteiger partial charge in [-0.1, -0.05) is 140 Å². The lowest BCUT2D eigenvalue weighted by molar-refractivity contribution is 1.30. The summed E-state index contributed by atoms with van der Waals surface area (Å²) in [7, 11) is 0. The lowest BCUT2D eigenvalue weighted by atomic mass is 9.97. The van der Waals surface area contributed by atoms with Gasteiger partial charge in [-0.25, -0.2) is 0 Å². The van der Waals surface area contributed by atoms with Crippen LogP contribution in [0.25, 0.3) is 64.0 Å². The van der Waals surface area contributed by atoms with Crippen molar-refractivity contribution >= 4 is 70.1 Å². The van der Waals surface area contributed by atoms with Crippen LogP contribution in [0.1, 0.15) is 0 Å². The van der Waals surface area contributed by atoms with E-state index in [9.17, 15) is 0 Å². The number of hydrogen-bond donors (Lipinski definition) is 0. The minimum Gasteiger partial charge on any atom is -0.309 e. The number of rotatable bonds is 5. The van der Waals surface area contributed by atoms with E-state index in [4.69, 9.17) is 0 Å². The maximum absolute atomic E-state index is 2.43. The summed E-state index contributed by atoms with van der Waals surface area (Å²) in [6.45, 7) is 0. The molecule has 216 valence electrons. The molecular weight excluding hydrogens is 575 g/mol. The van der Waals surface area contributed by atoms with Gasteiger partial charge >= 0.3 is 0 Å². The Bertz CT molecular complexity index is 2520. The third kappa shape index (κ3) is 4.46. The molecule has 2 heteroatoms. The Labute approximate surface area is 272 Å². The zero-order valence-corrected chi connectivity index (χ0v) is 25.9. The molecule has 46 heavy (non-hydrogen) atoms. The number of anilines is 3. The Morgan fingerprint density at radius 2 is 1.02 bits per heavy atom. The van der Waals surface area contributed by atoms with E-state index >= 15 is 0 Å². The number of nitrogens with zero attached hydrogens (tertiary/aromatic N) is 1. The Morgan fingerprint density at radius 3 is 1.87 bits per heavy atom. The largest absolute Gasteiger partial charge is 0.309 e. The fraction of sp³-hybridized carbons (Fsp3) is 0. The molecule has 0 saturated carbocycles. The van der Waals surface area contributed by atoms with Gasteiger partial charge in [0.05, 0.1) is 10.4 Å². The average Bonchev–Trinajstić information content (AvgIpc) is 3.53. The van der Waals surface area contributed by atoms with Crippen molar-refractivity contribution < 1.29 is 0 Å². The maximum Gasteiger partial charge on any atom is 0.0640 e. The molecule has 0 aliphatic rings. The van der Waals surface area contributed by atoms with E-state index in [1.165, 1.54) is 69.7 Å². The van der Waals surface area contributed by atoms with Crippen molar-refractivity contribution in [2.24, 2.45) is 0 Å². The molecular formula is C44H29NS. The van der Waals surface area contributed by atoms with Crippen molar-refractivity contribution in [2.45, 2.75) is 0 Å². The molecule has 9 rings (SSSR count). The normalized spacial score (nSPS) is 11.5. The van der Waals surface area contributed by atoms with Gasteiger partial charge in [0.15, 0.2) is 0 Å². The van der Waals surface area contributed by atoms with Crippen LogP contribution in [0.5, 0.6) is 0 Å². The molecule has 1 aromatic heterocycles. The molecule has 1 heterocycles. The van der Waals surface area contributed by atoms with E-state index in [1.807, 2.05) is 11.3 Å². The van der Waals surface area contributed by atoms with E-state index in [0.29, 0.717) is 0 Å². The highest BCUT2D eigenvalue weighted by molar-refractivity contribution is 7.26. The summed E-state index contributed by atoms with van der Waals surface area (Å²) in [6, 6.07) is 63.9. The molecule has 0 radical (unpaired) electrons. The lowest BCUT2D eigenvalue weighted by Crippen LogP contribution is -2.10. The van der Waals surface area contributed by atoms with E-state index in [-0.39, 0.29) is 0 Å². The highest BCUT2D eigenvalue weighted by atomic mass is 32.1. The average molecular weight is 604 g/mol. The van der Waals surface area contributed by atoms with E-state index in [1.54, 1.807) is 0 Å². The van der Waals surface area contributed by atoms with Gasteiger partial charge in [0.1, 0.15) is 0 Å². The first-order chi connectivity index (χ1) is 22.8. The van der Waals surface area contributed by atoms with Gasteiger partial charge in [-0.3, -0.25) is 0 Å². The quantitative estimate of drug-likeness (QED) is 0.189. The van der Waals surface area contributed by atoms with Crippen LogP contribution in [-0.2, 0) is 0 Å². The fourth-order valence-corrected chi connectivity index (χ4v) is 8.10. The molecule has 0 aliphatic carbocycles. The van der Waals surface area contributed by atoms with Crippen LogP contribution in [0.3, 0.4) is 0 Å². The summed E-state index contributed by atoms with van der Waals surface area (Å²) in [4.78, 5) is 2.43. The first kappa shape index (κ1) is 26.7. The maximum atomic E-state index is 2.43. The second-order valence-electron chi connectivity index (χ2n) is 11.7. The van der Waals surface area contributed by atoms with Crippen LogP contribution in [0.2, 0.25) is 0 Å². The molecule has 0 fully saturated rings. The number of benzene rings is 8. The monoisotopic (exact) mass is 603 g/mol. The van der Waals surface area contributed by atoms with Crippen molar-refractivity contribution in [3.63, 3.8) is 0 Å². The van der Waals surface area contributed by atoms with Crippen LogP contribution in [0, 0.1) is 0 Å². The van der Waals surface area contributed by atoms with Gasteiger partial charge in [0, 0.05) is 26.8 Å². The third-order valence-corrected chi connectivity index (χ3v) is 10.2. The van der Waals surface area contributed by atoms with Gasteiger partial charge < -0.3 is 4.90 Å². The summed E-state index contributed by atoms with van der Waals surface area (Å²) in [6.07, 6.45) is 0. The topological polar surface area (TPSA) is 3.24 Å². The minimum atomic E-state index is 1.13. The standard InChI is InChI=1S/C44H29NS/c1-2-11-30(12-3-1)31-23-26-35(27-24-31)45(36-17-8-16-34(29-36)38-20-9-15-32-13-4-6-18-37(32)38)41-22-10-21-40-43-39-19-7-5-14-33(39)25-28-42(43)46-44(40)41/h1-29H. The van der Waals surface area contributed by atoms with Gasteiger partial charge in [-0.2, -0.15) is 0 Å². The zero-order valence-electron chi connectivity index (χ0n) is 25.1. The van der Waals surface area contributed by atoms with Gasteiger partial charge in [0.2, 0.25) is 0 Å². The van der Waals surface area contributed by atoms with Crippen LogP contribution >= 0.6 is 11.3 Å². The summed E-state index contributed by atoms with van der Waals surface area (Å²) >= 11 is 1.88. The highest BCUT2D eigenvalue weighted by Crippen LogP contribution is 2.47. The first-order valence-electron chi connectivity index (χ1n) is 15.7. The molecule has 0 atom stereocenters. The van der Waals surface area contributed by atoms with Crippen LogP contribution in [0.4, 0.5) is 17.1 Å². The summed E-state index contributed by atoms with van der Waals surface area (Å²) in [5.74, 6) is 0. The zero-order chi connectivity index (χ0) is 30.5. The Balaban J connectivity index is 1.27. The van der Waals surface area contributed by atoms with Crippen molar-refractivity contribution in [3.05, 3.63) is 176 Å². The minimum absolute atomic E-state index is 1.13. The molecule has 0 spiro atoms. The highest BCUT2D eigenvalue weighted by Gasteiger charge is 2.20. The number of fused-ring (bicyclic) bond motifs is 6. The molecule has 0 N–H and O–H groups in total. The van der Waals surface area contributed by atoms with Crippen molar-refractivity contribution in [3.8, 4) is 22.3 Å². The molecule has 0 saturated heterocycles. The number of thiophene rings is 1. The van der Waals surface area contributed by atoms with E-state index in [2.05, 4.69) is 181 Å². The van der Waals surface area contributed by atoms with Crippen molar-refractivity contribution in [2.75, 3.05) is 4.90 Å². The van der Waals surface area contributed by atoms with E-state index < -0.39 is 0 Å². The Kier molecular flexibility index (Phi) is 6.40. The molecule has 0 amide bonds. The smallest absolute Gasteiger partial charge is 0.0640 e. The van der Waals surface area contributed by atoms with Gasteiger partial charge in [0.25, 0.3) is 0 Å². The summed E-state index contributed by atoms with van der Waals surface area (Å²) in [5.41, 5.74) is 8.32. The van der Waals surface area contributed by atoms with Crippen LogP contribution in [-0.4, -0.2) is 0 Å². The van der Waals surface area contributed by atoms with Gasteiger partial charge in [-0.15, -0.1) is 11.3 Å². The predicted octanol–water partition coefficient (Wildman–Crippen LogP) is 13.2. The second kappa shape index (κ2) is 11.0. The third-order valence-electron chi connectivity index (χ3n) is 9.04. The van der Waals surface area contributed by atoms with E-state index in [0.717, 1.165) is 11.4 Å². The Morgan fingerprint density at radius 1 is 0.391 bits per heavy atom. The molecule has 9 aromatic rings. The summed E-state index contributed by atoms with van der Waals surface area (Å²) < 4.78 is 2.60. The van der Waals surface area contributed by atoms with Gasteiger partial charge in [-0.05, 0) is 80.2 Å². The first-order valence-corrected chi connectivity index (χ1v) is 16.5. The SMILES string of the molecule is c1ccc(-c2ccc(N(c3cccc(-c4cccc5ccccc45)c3)c3cccc4c3sc3ccc5ccccc5c34)cc2)cc1. The molecule has 0 bridgehead atoms. The lowest BCUT2D eigenvalue weighted by Gasteiger charge is -2.27. The molecule has 8 aromatic carbocycles. The molecule has 0 unspecified atom stereocenters. The molecule has 0 aliphatic heterocycles. The van der Waals surface area contributed by atoms with Crippen LogP contribution < -0.4 is 4.90 Å². The molecule has 1 nitrogen and oxygen atoms in total. The Hall–Kier alpha value is -5.70. The number of hydrogen-bond acceptors (Lipinski definition) is 2. The summed E-state index contributed by atoms with van der Waals surface area (Å²) in [5, 5.41) is 7.73.